The summed E-state index contributed by atoms with van der Waals surface area (Å²) in [5, 5.41) is 11.4. The van der Waals surface area contributed by atoms with Gasteiger partial charge in [0.25, 0.3) is 0 Å². The summed E-state index contributed by atoms with van der Waals surface area (Å²) in [5.74, 6) is -0.850. The fourth-order valence-corrected chi connectivity index (χ4v) is 2.11. The van der Waals surface area contributed by atoms with Gasteiger partial charge in [-0.15, -0.1) is 0 Å². The number of carbonyl (C=O) groups excluding carboxylic acids is 1. The number of ether oxygens (including phenoxy) is 1. The Morgan fingerprint density at radius 3 is 2.81 bits per heavy atom. The number of hydrogen-bond donors (Lipinski definition) is 0. The molecule has 3 nitrogen and oxygen atoms in total. The molecule has 1 heterocycles. The summed E-state index contributed by atoms with van der Waals surface area (Å²) in [4.78, 5) is 11.0. The molecule has 0 aromatic heterocycles. The van der Waals surface area contributed by atoms with E-state index in [1.54, 1.807) is 6.07 Å². The molecule has 4 heteroatoms. The van der Waals surface area contributed by atoms with Crippen molar-refractivity contribution in [1.29, 1.82) is 0 Å². The summed E-state index contributed by atoms with van der Waals surface area (Å²) in [5.41, 5.74) is 0.534. The molecule has 0 radical (unpaired) electrons. The maximum Gasteiger partial charge on any atom is 0.132 e. The molecule has 0 saturated carbocycles. The lowest BCUT2D eigenvalue weighted by molar-refractivity contribution is -0.255. The molecule has 1 aliphatic rings. The van der Waals surface area contributed by atoms with E-state index in [1.165, 1.54) is 6.07 Å². The van der Waals surface area contributed by atoms with E-state index in [0.717, 1.165) is 18.4 Å². The minimum absolute atomic E-state index is 0.0373. The van der Waals surface area contributed by atoms with Gasteiger partial charge in [-0.2, -0.15) is 0 Å². The molecule has 1 aromatic rings. The van der Waals surface area contributed by atoms with E-state index in [1.807, 2.05) is 13.8 Å². The minimum atomic E-state index is -1.25. The van der Waals surface area contributed by atoms with Crippen molar-refractivity contribution in [2.75, 3.05) is 0 Å². The monoisotopic (exact) mass is 239 g/mol. The van der Waals surface area contributed by atoms with Gasteiger partial charge in [0.2, 0.25) is 0 Å². The van der Waals surface area contributed by atoms with Crippen LogP contribution in [-0.2, 0) is 6.42 Å². The topological polar surface area (TPSA) is 49.4 Å². The molecule has 0 saturated heterocycles. The first-order valence-electron chi connectivity index (χ1n) is 5.12. The van der Waals surface area contributed by atoms with E-state index in [9.17, 15) is 9.90 Å². The number of halogens is 1. The van der Waals surface area contributed by atoms with Crippen LogP contribution in [0.1, 0.15) is 36.2 Å². The Hall–Kier alpha value is -1.22. The van der Waals surface area contributed by atoms with Crippen molar-refractivity contribution in [2.24, 2.45) is 0 Å². The molecule has 86 valence electrons. The standard InChI is InChI=1S/C12H13ClO3/c1-12(2)4-3-7-5-8(13)6-9(11(14)15)10(7)16-12/h5-6H,3-4H2,1-2H3,(H,14,15)/p-1. The van der Waals surface area contributed by atoms with Gasteiger partial charge in [-0.3, -0.25) is 0 Å². The van der Waals surface area contributed by atoms with Crippen LogP contribution in [0, 0.1) is 0 Å². The summed E-state index contributed by atoms with van der Waals surface area (Å²) in [6.07, 6.45) is 1.61. The molecule has 2 rings (SSSR count). The predicted octanol–water partition coefficient (Wildman–Crippen LogP) is 1.81. The Kier molecular flexibility index (Phi) is 2.58. The maximum absolute atomic E-state index is 11.0. The molecule has 0 atom stereocenters. The number of aryl methyl sites for hydroxylation is 1. The molecule has 0 amide bonds. The van der Waals surface area contributed by atoms with Crippen LogP contribution in [0.25, 0.3) is 0 Å². The average Bonchev–Trinajstić information content (AvgIpc) is 2.16. The largest absolute Gasteiger partial charge is 0.545 e. The lowest BCUT2D eigenvalue weighted by Gasteiger charge is -2.34. The van der Waals surface area contributed by atoms with Crippen LogP contribution in [0.2, 0.25) is 5.02 Å². The Morgan fingerprint density at radius 1 is 1.50 bits per heavy atom. The lowest BCUT2D eigenvalue weighted by Crippen LogP contribution is -2.34. The van der Waals surface area contributed by atoms with E-state index < -0.39 is 5.97 Å². The zero-order chi connectivity index (χ0) is 11.9. The van der Waals surface area contributed by atoms with Crippen molar-refractivity contribution in [2.45, 2.75) is 32.3 Å². The van der Waals surface area contributed by atoms with Crippen LogP contribution < -0.4 is 9.84 Å². The van der Waals surface area contributed by atoms with Gasteiger partial charge in [0.15, 0.2) is 0 Å². The molecule has 1 aliphatic heterocycles. The number of benzene rings is 1. The van der Waals surface area contributed by atoms with Gasteiger partial charge in [-0.1, -0.05) is 11.6 Å². The number of hydrogen-bond acceptors (Lipinski definition) is 3. The quantitative estimate of drug-likeness (QED) is 0.751. The third kappa shape index (κ3) is 2.00. The first-order valence-corrected chi connectivity index (χ1v) is 5.50. The Labute approximate surface area is 99.0 Å². The van der Waals surface area contributed by atoms with Crippen molar-refractivity contribution in [3.8, 4) is 5.75 Å². The van der Waals surface area contributed by atoms with Gasteiger partial charge < -0.3 is 14.6 Å². The summed E-state index contributed by atoms with van der Waals surface area (Å²) < 4.78 is 5.69. The SMILES string of the molecule is CC1(C)CCc2cc(Cl)cc(C(=O)[O-])c2O1. The fourth-order valence-electron chi connectivity index (χ4n) is 1.87. The van der Waals surface area contributed by atoms with E-state index in [0.29, 0.717) is 10.8 Å². The second-order valence-electron chi connectivity index (χ2n) is 4.59. The minimum Gasteiger partial charge on any atom is -0.545 e. The van der Waals surface area contributed by atoms with Gasteiger partial charge in [-0.25, -0.2) is 0 Å². The molecule has 0 spiro atoms. The highest BCUT2D eigenvalue weighted by Gasteiger charge is 2.28. The number of carboxylic acids is 1. The lowest BCUT2D eigenvalue weighted by atomic mass is 9.93. The third-order valence-corrected chi connectivity index (χ3v) is 2.94. The highest BCUT2D eigenvalue weighted by atomic mass is 35.5. The van der Waals surface area contributed by atoms with Crippen LogP contribution in [0.15, 0.2) is 12.1 Å². The first-order chi connectivity index (χ1) is 7.39. The van der Waals surface area contributed by atoms with Crippen LogP contribution in [0.5, 0.6) is 5.75 Å². The van der Waals surface area contributed by atoms with Gasteiger partial charge >= 0.3 is 0 Å². The summed E-state index contributed by atoms with van der Waals surface area (Å²) in [6, 6.07) is 3.12. The van der Waals surface area contributed by atoms with Gasteiger partial charge in [-0.05, 0) is 44.4 Å². The van der Waals surface area contributed by atoms with Crippen LogP contribution in [0.3, 0.4) is 0 Å². The number of fused-ring (bicyclic) bond motifs is 1. The second kappa shape index (κ2) is 3.67. The highest BCUT2D eigenvalue weighted by molar-refractivity contribution is 6.31. The average molecular weight is 240 g/mol. The van der Waals surface area contributed by atoms with Crippen LogP contribution in [-0.4, -0.2) is 11.6 Å². The fraction of sp³-hybridized carbons (Fsp3) is 0.417. The number of carbonyl (C=O) groups is 1. The third-order valence-electron chi connectivity index (χ3n) is 2.73. The number of carboxylic acid groups (broad SMARTS) is 1. The van der Waals surface area contributed by atoms with Crippen molar-refractivity contribution in [3.63, 3.8) is 0 Å². The van der Waals surface area contributed by atoms with Gasteiger partial charge in [0.05, 0.1) is 5.97 Å². The van der Waals surface area contributed by atoms with Gasteiger partial charge in [0, 0.05) is 10.6 Å². The molecule has 0 bridgehead atoms. The van der Waals surface area contributed by atoms with Crippen molar-refractivity contribution >= 4 is 17.6 Å². The molecule has 0 fully saturated rings. The number of aromatic carboxylic acids is 1. The molecule has 1 aromatic carbocycles. The Morgan fingerprint density at radius 2 is 2.19 bits per heavy atom. The summed E-state index contributed by atoms with van der Waals surface area (Å²) in [7, 11) is 0. The normalized spacial score (nSPS) is 17.4. The van der Waals surface area contributed by atoms with E-state index >= 15 is 0 Å². The van der Waals surface area contributed by atoms with E-state index in [2.05, 4.69) is 0 Å². The Bertz CT molecular complexity index is 452. The van der Waals surface area contributed by atoms with Crippen molar-refractivity contribution in [3.05, 3.63) is 28.3 Å². The number of rotatable bonds is 1. The van der Waals surface area contributed by atoms with Crippen molar-refractivity contribution in [1.82, 2.24) is 0 Å². The maximum atomic E-state index is 11.0. The molecular weight excluding hydrogens is 228 g/mol. The van der Waals surface area contributed by atoms with Crippen molar-refractivity contribution < 1.29 is 14.6 Å². The first kappa shape index (κ1) is 11.3. The predicted molar refractivity (Wildman–Crippen MR) is 58.8 cm³/mol. The molecule has 0 aliphatic carbocycles. The van der Waals surface area contributed by atoms with E-state index in [4.69, 9.17) is 16.3 Å². The molecule has 0 N–H and O–H groups in total. The smallest absolute Gasteiger partial charge is 0.132 e. The molecule has 16 heavy (non-hydrogen) atoms. The van der Waals surface area contributed by atoms with E-state index in [-0.39, 0.29) is 11.2 Å². The summed E-state index contributed by atoms with van der Waals surface area (Å²) >= 11 is 5.85. The molecular formula is C12H12ClO3-. The highest BCUT2D eigenvalue weighted by Crippen LogP contribution is 2.37. The molecule has 0 unspecified atom stereocenters. The van der Waals surface area contributed by atoms with Crippen LogP contribution >= 0.6 is 11.6 Å². The zero-order valence-corrected chi connectivity index (χ0v) is 9.93. The van der Waals surface area contributed by atoms with Gasteiger partial charge in [0.1, 0.15) is 11.4 Å². The Balaban J connectivity index is 2.56. The summed E-state index contributed by atoms with van der Waals surface area (Å²) in [6.45, 7) is 3.87. The zero-order valence-electron chi connectivity index (χ0n) is 9.17. The van der Waals surface area contributed by atoms with Crippen LogP contribution in [0.4, 0.5) is 0 Å². The second-order valence-corrected chi connectivity index (χ2v) is 5.03.